The third kappa shape index (κ3) is 4.38. The molecule has 8 heteroatoms. The molecule has 3 aromatic carbocycles. The normalized spacial score (nSPS) is 14.8. The van der Waals surface area contributed by atoms with E-state index < -0.39 is 5.25 Å². The number of hydrogen-bond donors (Lipinski definition) is 1. The summed E-state index contributed by atoms with van der Waals surface area (Å²) in [5.41, 5.74) is 13.1. The van der Waals surface area contributed by atoms with Crippen LogP contribution >= 0.6 is 23.4 Å². The Kier molecular flexibility index (Phi) is 6.22. The van der Waals surface area contributed by atoms with Crippen molar-refractivity contribution in [3.8, 4) is 28.5 Å². The van der Waals surface area contributed by atoms with Crippen LogP contribution in [-0.2, 0) is 0 Å². The van der Waals surface area contributed by atoms with Gasteiger partial charge < -0.3 is 5.73 Å². The third-order valence-electron chi connectivity index (χ3n) is 6.82. The summed E-state index contributed by atoms with van der Waals surface area (Å²) in [6.45, 7) is 4.05. The summed E-state index contributed by atoms with van der Waals surface area (Å²) in [5.74, 6) is 0.0723. The van der Waals surface area contributed by atoms with Crippen LogP contribution in [0.3, 0.4) is 0 Å². The summed E-state index contributed by atoms with van der Waals surface area (Å²) in [5, 5.41) is 10.9. The number of thioether (sulfide) groups is 1. The van der Waals surface area contributed by atoms with Crippen molar-refractivity contribution in [3.05, 3.63) is 117 Å². The molecule has 0 spiro atoms. The molecule has 0 bridgehead atoms. The maximum Gasteiger partial charge on any atom is 0.270 e. The maximum atomic E-state index is 14.1. The first kappa shape index (κ1) is 24.9. The molecular formula is C31H22ClN5OS. The van der Waals surface area contributed by atoms with E-state index in [9.17, 15) is 10.1 Å². The van der Waals surface area contributed by atoms with Crippen LogP contribution in [0.1, 0.15) is 21.9 Å². The van der Waals surface area contributed by atoms with Crippen molar-refractivity contribution in [2.24, 2.45) is 5.73 Å². The second-order valence-corrected chi connectivity index (χ2v) is 11.0. The Morgan fingerprint density at radius 1 is 0.923 bits per heavy atom. The van der Waals surface area contributed by atoms with Gasteiger partial charge >= 0.3 is 0 Å². The minimum absolute atomic E-state index is 0.0723. The van der Waals surface area contributed by atoms with Crippen molar-refractivity contribution in [3.63, 3.8) is 0 Å². The number of hydrogen-bond acceptors (Lipinski definition) is 6. The van der Waals surface area contributed by atoms with Gasteiger partial charge in [0.15, 0.2) is 10.8 Å². The smallest absolute Gasteiger partial charge is 0.270 e. The SMILES string of the molecule is Cc1ccc(-c2cc(-c3ccc(C)cc3)c3c(=O)n4c(nc3n2)SC(c2ccc(Cl)cc2)C(C#N)=C4N)cc1. The van der Waals surface area contributed by atoms with Crippen LogP contribution < -0.4 is 11.3 Å². The Balaban J connectivity index is 1.64. The Morgan fingerprint density at radius 2 is 1.54 bits per heavy atom. The molecule has 0 saturated carbocycles. The zero-order chi connectivity index (χ0) is 27.3. The van der Waals surface area contributed by atoms with Crippen LogP contribution in [0.5, 0.6) is 0 Å². The van der Waals surface area contributed by atoms with Gasteiger partial charge in [0, 0.05) is 16.1 Å². The number of rotatable bonds is 3. The first-order valence-electron chi connectivity index (χ1n) is 12.3. The zero-order valence-corrected chi connectivity index (χ0v) is 22.7. The predicted octanol–water partition coefficient (Wildman–Crippen LogP) is 6.89. The molecule has 0 fully saturated rings. The Morgan fingerprint density at radius 3 is 2.15 bits per heavy atom. The highest BCUT2D eigenvalue weighted by Gasteiger charge is 2.32. The van der Waals surface area contributed by atoms with Crippen LogP contribution in [-0.4, -0.2) is 14.5 Å². The molecule has 0 amide bonds. The van der Waals surface area contributed by atoms with Gasteiger partial charge in [-0.2, -0.15) is 5.26 Å². The summed E-state index contributed by atoms with van der Waals surface area (Å²) in [4.78, 5) is 23.8. The summed E-state index contributed by atoms with van der Waals surface area (Å²) in [6, 6.07) is 27.4. The Hall–Kier alpha value is -4.38. The first-order chi connectivity index (χ1) is 18.8. The molecule has 0 aliphatic carbocycles. The van der Waals surface area contributed by atoms with Gasteiger partial charge in [-0.05, 0) is 43.2 Å². The van der Waals surface area contributed by atoms with Gasteiger partial charge in [-0.1, -0.05) is 95.2 Å². The second-order valence-electron chi connectivity index (χ2n) is 9.48. The summed E-state index contributed by atoms with van der Waals surface area (Å²) >= 11 is 7.39. The number of aryl methyl sites for hydroxylation is 2. The van der Waals surface area contributed by atoms with Crippen LogP contribution in [0.2, 0.25) is 5.02 Å². The van der Waals surface area contributed by atoms with Gasteiger partial charge in [-0.3, -0.25) is 4.79 Å². The van der Waals surface area contributed by atoms with E-state index in [0.717, 1.165) is 27.8 Å². The van der Waals surface area contributed by atoms with Crippen LogP contribution in [0.25, 0.3) is 39.2 Å². The van der Waals surface area contributed by atoms with Crippen LogP contribution in [0.15, 0.2) is 94.4 Å². The fourth-order valence-corrected chi connectivity index (χ4v) is 6.04. The molecule has 1 unspecified atom stereocenters. The predicted molar refractivity (Wildman–Crippen MR) is 157 cm³/mol. The van der Waals surface area contributed by atoms with Crippen molar-refractivity contribution < 1.29 is 0 Å². The second kappa shape index (κ2) is 9.73. The Bertz CT molecular complexity index is 1890. The number of nitrogens with zero attached hydrogens (tertiary/aromatic N) is 4. The summed E-state index contributed by atoms with van der Waals surface area (Å²) in [6.07, 6.45) is 0. The number of fused-ring (bicyclic) bond motifs is 2. The highest BCUT2D eigenvalue weighted by Crippen LogP contribution is 2.45. The molecule has 39 heavy (non-hydrogen) atoms. The fraction of sp³-hybridized carbons (Fsp3) is 0.0968. The van der Waals surface area contributed by atoms with Gasteiger partial charge in [0.25, 0.3) is 5.56 Å². The van der Waals surface area contributed by atoms with Gasteiger partial charge in [0.1, 0.15) is 11.9 Å². The van der Waals surface area contributed by atoms with E-state index in [-0.39, 0.29) is 11.4 Å². The minimum Gasteiger partial charge on any atom is -0.384 e. The lowest BCUT2D eigenvalue weighted by atomic mass is 9.99. The molecule has 0 radical (unpaired) electrons. The lowest BCUT2D eigenvalue weighted by Crippen LogP contribution is -2.31. The van der Waals surface area contributed by atoms with Crippen molar-refractivity contribution in [2.75, 3.05) is 0 Å². The van der Waals surface area contributed by atoms with Crippen LogP contribution in [0, 0.1) is 25.2 Å². The van der Waals surface area contributed by atoms with Crippen molar-refractivity contribution in [1.29, 1.82) is 5.26 Å². The molecule has 5 aromatic rings. The molecule has 190 valence electrons. The number of pyridine rings is 1. The summed E-state index contributed by atoms with van der Waals surface area (Å²) < 4.78 is 1.34. The lowest BCUT2D eigenvalue weighted by molar-refractivity contribution is 0.797. The monoisotopic (exact) mass is 547 g/mol. The van der Waals surface area contributed by atoms with Gasteiger partial charge in [0.05, 0.1) is 21.9 Å². The number of aromatic nitrogens is 3. The molecule has 6 nitrogen and oxygen atoms in total. The molecule has 3 heterocycles. The lowest BCUT2D eigenvalue weighted by Gasteiger charge is -2.26. The first-order valence-corrected chi connectivity index (χ1v) is 13.5. The topological polar surface area (TPSA) is 97.6 Å². The molecule has 1 aliphatic heterocycles. The zero-order valence-electron chi connectivity index (χ0n) is 21.1. The molecule has 2 aromatic heterocycles. The molecule has 1 atom stereocenters. The highest BCUT2D eigenvalue weighted by atomic mass is 35.5. The van der Waals surface area contributed by atoms with Crippen molar-refractivity contribution in [2.45, 2.75) is 24.3 Å². The van der Waals surface area contributed by atoms with Gasteiger partial charge in [-0.15, -0.1) is 0 Å². The number of benzene rings is 3. The number of nitriles is 1. The van der Waals surface area contributed by atoms with E-state index >= 15 is 0 Å². The molecular weight excluding hydrogens is 526 g/mol. The van der Waals surface area contributed by atoms with Crippen LogP contribution in [0.4, 0.5) is 0 Å². The fourth-order valence-electron chi connectivity index (χ4n) is 4.69. The quantitative estimate of drug-likeness (QED) is 0.247. The van der Waals surface area contributed by atoms with E-state index in [4.69, 9.17) is 27.3 Å². The molecule has 0 saturated heterocycles. The van der Waals surface area contributed by atoms with E-state index in [1.165, 1.54) is 16.3 Å². The average Bonchev–Trinajstić information content (AvgIpc) is 2.93. The van der Waals surface area contributed by atoms with Crippen molar-refractivity contribution in [1.82, 2.24) is 14.5 Å². The van der Waals surface area contributed by atoms with E-state index in [1.807, 2.05) is 80.6 Å². The standard InChI is InChI=1S/C31H22ClN5OS/c1-17-3-7-19(8-4-17)23-15-25(20-9-5-18(2)6-10-20)35-29-26(23)30(38)37-28(34)24(16-33)27(39-31(37)36-29)21-11-13-22(32)14-12-21/h3-15,27H,34H2,1-2H3. The highest BCUT2D eigenvalue weighted by molar-refractivity contribution is 7.99. The van der Waals surface area contributed by atoms with Crippen molar-refractivity contribution >= 4 is 40.2 Å². The largest absolute Gasteiger partial charge is 0.384 e. The maximum absolute atomic E-state index is 14.1. The average molecular weight is 548 g/mol. The van der Waals surface area contributed by atoms with Gasteiger partial charge in [-0.25, -0.2) is 14.5 Å². The van der Waals surface area contributed by atoms with E-state index in [0.29, 0.717) is 38.0 Å². The number of nitrogens with two attached hydrogens (primary N) is 1. The van der Waals surface area contributed by atoms with E-state index in [2.05, 4.69) is 6.07 Å². The Labute approximate surface area is 234 Å². The van der Waals surface area contributed by atoms with Gasteiger partial charge in [0.2, 0.25) is 0 Å². The molecule has 6 rings (SSSR count). The number of halogens is 1. The minimum atomic E-state index is -0.437. The summed E-state index contributed by atoms with van der Waals surface area (Å²) in [7, 11) is 0. The third-order valence-corrected chi connectivity index (χ3v) is 8.30. The molecule has 2 N–H and O–H groups in total. The molecule has 1 aliphatic rings. The van der Waals surface area contributed by atoms with E-state index in [1.54, 1.807) is 12.1 Å².